The van der Waals surface area contributed by atoms with Crippen LogP contribution < -0.4 is 0 Å². The number of para-hydroxylation sites is 2. The van der Waals surface area contributed by atoms with Crippen molar-refractivity contribution in [2.24, 2.45) is 0 Å². The molecular formula is C45H29N3. The number of rotatable bonds is 4. The minimum atomic E-state index is -0.497. The van der Waals surface area contributed by atoms with Crippen molar-refractivity contribution in [1.29, 1.82) is 0 Å². The Kier molecular flexibility index (Phi) is 5.79. The van der Waals surface area contributed by atoms with Crippen molar-refractivity contribution in [2.75, 3.05) is 0 Å². The SMILES string of the molecule is c1ccc(-c2nc(-n3c4ccccc4c4ccc(C5(c6ccccc6)c6ccccc6-c6ccccc65)cc43)nc3ccccc23)cc1. The summed E-state index contributed by atoms with van der Waals surface area (Å²) in [6.45, 7) is 0. The number of aromatic nitrogens is 3. The van der Waals surface area contributed by atoms with E-state index in [9.17, 15) is 0 Å². The summed E-state index contributed by atoms with van der Waals surface area (Å²) in [5.41, 5.74) is 12.2. The van der Waals surface area contributed by atoms with Crippen molar-refractivity contribution in [1.82, 2.24) is 14.5 Å². The molecule has 10 rings (SSSR count). The average molecular weight is 612 g/mol. The second kappa shape index (κ2) is 10.3. The van der Waals surface area contributed by atoms with Crippen LogP contribution in [-0.2, 0) is 5.41 Å². The molecule has 0 radical (unpaired) electrons. The van der Waals surface area contributed by atoms with Crippen LogP contribution >= 0.6 is 0 Å². The molecule has 0 atom stereocenters. The molecule has 0 spiro atoms. The van der Waals surface area contributed by atoms with Crippen molar-refractivity contribution in [3.8, 4) is 28.3 Å². The second-order valence-electron chi connectivity index (χ2n) is 12.5. The Bertz CT molecular complexity index is 2630. The summed E-state index contributed by atoms with van der Waals surface area (Å²) in [5, 5.41) is 3.39. The predicted octanol–water partition coefficient (Wildman–Crippen LogP) is 10.8. The predicted molar refractivity (Wildman–Crippen MR) is 197 cm³/mol. The molecule has 0 saturated carbocycles. The highest BCUT2D eigenvalue weighted by atomic mass is 15.2. The molecule has 0 aliphatic heterocycles. The van der Waals surface area contributed by atoms with Crippen LogP contribution in [0.2, 0.25) is 0 Å². The zero-order valence-electron chi connectivity index (χ0n) is 26.1. The average Bonchev–Trinajstić information content (AvgIpc) is 3.66. The van der Waals surface area contributed by atoms with Crippen molar-refractivity contribution in [2.45, 2.75) is 5.41 Å². The molecule has 2 aromatic heterocycles. The summed E-state index contributed by atoms with van der Waals surface area (Å²) in [7, 11) is 0. The van der Waals surface area contributed by atoms with Crippen molar-refractivity contribution in [3.05, 3.63) is 198 Å². The van der Waals surface area contributed by atoms with Crippen LogP contribution in [-0.4, -0.2) is 14.5 Å². The van der Waals surface area contributed by atoms with Crippen LogP contribution in [0.15, 0.2) is 176 Å². The maximum Gasteiger partial charge on any atom is 0.235 e. The van der Waals surface area contributed by atoms with Gasteiger partial charge in [-0.25, -0.2) is 9.97 Å². The highest BCUT2D eigenvalue weighted by Crippen LogP contribution is 2.56. The smallest absolute Gasteiger partial charge is 0.235 e. The van der Waals surface area contributed by atoms with E-state index in [0.717, 1.165) is 33.2 Å². The van der Waals surface area contributed by atoms with Gasteiger partial charge < -0.3 is 0 Å². The molecule has 0 fully saturated rings. The second-order valence-corrected chi connectivity index (χ2v) is 12.5. The molecule has 48 heavy (non-hydrogen) atoms. The normalized spacial score (nSPS) is 13.2. The van der Waals surface area contributed by atoms with Crippen molar-refractivity contribution in [3.63, 3.8) is 0 Å². The van der Waals surface area contributed by atoms with Crippen LogP contribution in [0.25, 0.3) is 61.0 Å². The van der Waals surface area contributed by atoms with E-state index in [-0.39, 0.29) is 0 Å². The molecule has 3 heteroatoms. The minimum absolute atomic E-state index is 0.497. The van der Waals surface area contributed by atoms with E-state index >= 15 is 0 Å². The lowest BCUT2D eigenvalue weighted by molar-refractivity contribution is 0.769. The monoisotopic (exact) mass is 611 g/mol. The van der Waals surface area contributed by atoms with Crippen molar-refractivity contribution >= 4 is 32.7 Å². The molecule has 2 heterocycles. The lowest BCUT2D eigenvalue weighted by Gasteiger charge is -2.34. The summed E-state index contributed by atoms with van der Waals surface area (Å²) in [6.07, 6.45) is 0. The van der Waals surface area contributed by atoms with Gasteiger partial charge in [0.05, 0.1) is 27.7 Å². The van der Waals surface area contributed by atoms with Crippen LogP contribution in [0.4, 0.5) is 0 Å². The summed E-state index contributed by atoms with van der Waals surface area (Å²) in [4.78, 5) is 10.6. The van der Waals surface area contributed by atoms with E-state index in [0.29, 0.717) is 5.95 Å². The molecule has 9 aromatic rings. The first-order valence-corrected chi connectivity index (χ1v) is 16.4. The third-order valence-electron chi connectivity index (χ3n) is 10.1. The molecule has 0 saturated heterocycles. The van der Waals surface area contributed by atoms with E-state index in [1.807, 2.05) is 6.07 Å². The van der Waals surface area contributed by atoms with Gasteiger partial charge in [-0.05, 0) is 51.6 Å². The van der Waals surface area contributed by atoms with Gasteiger partial charge in [0, 0.05) is 21.7 Å². The molecule has 1 aliphatic carbocycles. The molecule has 3 nitrogen and oxygen atoms in total. The Labute approximate surface area is 278 Å². The van der Waals surface area contributed by atoms with E-state index in [1.54, 1.807) is 0 Å². The van der Waals surface area contributed by atoms with Gasteiger partial charge in [0.2, 0.25) is 5.95 Å². The van der Waals surface area contributed by atoms with Gasteiger partial charge in [0.15, 0.2) is 0 Å². The third kappa shape index (κ3) is 3.70. The standard InChI is InChI=1S/C45H29N3/c1-3-15-30(16-4-1)43-37-22-9-13-25-40(37)46-44(47-43)48-41-26-14-10-21-35(41)36-28-27-32(29-42(36)48)45(31-17-5-2-6-18-31)38-23-11-7-19-33(38)34-20-8-12-24-39(34)45/h1-29H. The van der Waals surface area contributed by atoms with Gasteiger partial charge in [0.1, 0.15) is 0 Å². The highest BCUT2D eigenvalue weighted by molar-refractivity contribution is 6.09. The van der Waals surface area contributed by atoms with Gasteiger partial charge in [-0.15, -0.1) is 0 Å². The number of hydrogen-bond donors (Lipinski definition) is 0. The molecule has 0 unspecified atom stereocenters. The summed E-state index contributed by atoms with van der Waals surface area (Å²) in [5.74, 6) is 0.664. The molecule has 0 bridgehead atoms. The molecule has 1 aliphatic rings. The van der Waals surface area contributed by atoms with E-state index in [2.05, 4.69) is 174 Å². The van der Waals surface area contributed by atoms with Gasteiger partial charge in [0.25, 0.3) is 0 Å². The summed E-state index contributed by atoms with van der Waals surface area (Å²) < 4.78 is 2.26. The minimum Gasteiger partial charge on any atom is -0.278 e. The van der Waals surface area contributed by atoms with Gasteiger partial charge in [-0.1, -0.05) is 158 Å². The van der Waals surface area contributed by atoms with Crippen LogP contribution in [0.3, 0.4) is 0 Å². The Morgan fingerprint density at radius 1 is 0.417 bits per heavy atom. The molecular weight excluding hydrogens is 583 g/mol. The number of benzene rings is 7. The first kappa shape index (κ1) is 26.9. The molecule has 7 aromatic carbocycles. The number of fused-ring (bicyclic) bond motifs is 7. The van der Waals surface area contributed by atoms with Gasteiger partial charge in [-0.3, -0.25) is 4.57 Å². The van der Waals surface area contributed by atoms with Crippen LogP contribution in [0.5, 0.6) is 0 Å². The maximum atomic E-state index is 5.34. The maximum absolute atomic E-state index is 5.34. The van der Waals surface area contributed by atoms with Gasteiger partial charge in [-0.2, -0.15) is 0 Å². The zero-order chi connectivity index (χ0) is 31.7. The van der Waals surface area contributed by atoms with E-state index in [4.69, 9.17) is 9.97 Å². The fraction of sp³-hybridized carbons (Fsp3) is 0.0222. The van der Waals surface area contributed by atoms with E-state index < -0.39 is 5.41 Å². The Morgan fingerprint density at radius 2 is 1.00 bits per heavy atom. The van der Waals surface area contributed by atoms with E-state index in [1.165, 1.54) is 44.2 Å². The lowest BCUT2D eigenvalue weighted by Crippen LogP contribution is -2.28. The highest BCUT2D eigenvalue weighted by Gasteiger charge is 2.46. The molecule has 0 N–H and O–H groups in total. The first-order valence-electron chi connectivity index (χ1n) is 16.4. The molecule has 0 amide bonds. The summed E-state index contributed by atoms with van der Waals surface area (Å²) >= 11 is 0. The van der Waals surface area contributed by atoms with Gasteiger partial charge >= 0.3 is 0 Å². The number of nitrogens with zero attached hydrogens (tertiary/aromatic N) is 3. The van der Waals surface area contributed by atoms with Crippen LogP contribution in [0.1, 0.15) is 22.3 Å². The molecule has 224 valence electrons. The summed E-state index contributed by atoms with van der Waals surface area (Å²) in [6, 6.07) is 63.2. The quantitative estimate of drug-likeness (QED) is 0.198. The fourth-order valence-electron chi connectivity index (χ4n) is 8.11. The third-order valence-corrected chi connectivity index (χ3v) is 10.1. The van der Waals surface area contributed by atoms with Crippen molar-refractivity contribution < 1.29 is 0 Å². The zero-order valence-corrected chi connectivity index (χ0v) is 26.1. The van der Waals surface area contributed by atoms with Crippen LogP contribution in [0, 0.1) is 0 Å². The topological polar surface area (TPSA) is 30.7 Å². The fourth-order valence-corrected chi connectivity index (χ4v) is 8.11. The lowest BCUT2D eigenvalue weighted by atomic mass is 9.67. The Morgan fingerprint density at radius 3 is 1.75 bits per heavy atom. The largest absolute Gasteiger partial charge is 0.278 e. The Hall–Kier alpha value is -6.32. The number of hydrogen-bond acceptors (Lipinski definition) is 2. The Balaban J connectivity index is 1.32. The first-order chi connectivity index (χ1) is 23.8.